The van der Waals surface area contributed by atoms with E-state index in [0.717, 1.165) is 40.5 Å². The minimum Gasteiger partial charge on any atom is -0.376 e. The van der Waals surface area contributed by atoms with E-state index in [2.05, 4.69) is 27.9 Å². The first kappa shape index (κ1) is 26.9. The molecule has 2 aromatic rings. The lowest BCUT2D eigenvalue weighted by Gasteiger charge is -2.69. The van der Waals surface area contributed by atoms with Crippen LogP contribution in [0.4, 0.5) is 10.7 Å². The third kappa shape index (κ3) is 5.02. The highest BCUT2D eigenvalue weighted by Crippen LogP contribution is 2.67. The number of hydrogen-bond donors (Lipinski definition) is 3. The third-order valence-corrected chi connectivity index (χ3v) is 10.1. The van der Waals surface area contributed by atoms with E-state index in [0.29, 0.717) is 36.6 Å². The number of thiophene rings is 1. The zero-order valence-electron chi connectivity index (χ0n) is 22.2. The summed E-state index contributed by atoms with van der Waals surface area (Å²) < 4.78 is 0. The van der Waals surface area contributed by atoms with Crippen LogP contribution >= 0.6 is 22.9 Å². The first-order chi connectivity index (χ1) is 18.2. The highest BCUT2D eigenvalue weighted by atomic mass is 35.5. The number of carbonyl (C=O) groups is 3. The highest BCUT2D eigenvalue weighted by molar-refractivity contribution is 7.16. The van der Waals surface area contributed by atoms with Crippen LogP contribution in [0.1, 0.15) is 74.9 Å². The average molecular weight is 558 g/mol. The van der Waals surface area contributed by atoms with E-state index in [1.54, 1.807) is 18.1 Å². The molecule has 0 aliphatic heterocycles. The Hall–Kier alpha value is -2.65. The van der Waals surface area contributed by atoms with Crippen molar-refractivity contribution >= 4 is 51.9 Å². The summed E-state index contributed by atoms with van der Waals surface area (Å²) >= 11 is 7.64. The van der Waals surface area contributed by atoms with Gasteiger partial charge in [0.25, 0.3) is 0 Å². The number of halogens is 1. The van der Waals surface area contributed by atoms with Crippen LogP contribution in [0, 0.1) is 18.3 Å². The van der Waals surface area contributed by atoms with Crippen molar-refractivity contribution in [1.82, 2.24) is 15.6 Å². The molecule has 3 amide bonds. The number of rotatable bonds is 11. The molecular weight excluding hydrogens is 522 g/mol. The maximum atomic E-state index is 13.7. The van der Waals surface area contributed by atoms with E-state index >= 15 is 0 Å². The first-order valence-electron chi connectivity index (χ1n) is 13.4. The molecule has 0 saturated heterocycles. The molecule has 8 nitrogen and oxygen atoms in total. The molecular formula is C28H36ClN5O3S. The summed E-state index contributed by atoms with van der Waals surface area (Å²) in [6, 6.07) is 5.17. The van der Waals surface area contributed by atoms with Crippen LogP contribution in [0.5, 0.6) is 0 Å². The van der Waals surface area contributed by atoms with Crippen molar-refractivity contribution < 1.29 is 14.4 Å². The second kappa shape index (κ2) is 10.5. The van der Waals surface area contributed by atoms with Gasteiger partial charge in [-0.1, -0.05) is 37.3 Å². The molecule has 2 bridgehead atoms. The zero-order chi connectivity index (χ0) is 27.1. The molecule has 0 aromatic carbocycles. The van der Waals surface area contributed by atoms with E-state index in [9.17, 15) is 14.4 Å². The van der Waals surface area contributed by atoms with Crippen LogP contribution in [0.3, 0.4) is 0 Å². The fourth-order valence-corrected chi connectivity index (χ4v) is 7.81. The van der Waals surface area contributed by atoms with Crippen molar-refractivity contribution in [1.29, 1.82) is 0 Å². The van der Waals surface area contributed by atoms with Gasteiger partial charge in [0.15, 0.2) is 0 Å². The maximum Gasteiger partial charge on any atom is 0.243 e. The number of nitrogens with zero attached hydrogens (tertiary/aromatic N) is 2. The summed E-state index contributed by atoms with van der Waals surface area (Å²) in [6.07, 6.45) is 9.61. The lowest BCUT2D eigenvalue weighted by molar-refractivity contribution is -0.183. The Morgan fingerprint density at radius 1 is 1.26 bits per heavy atom. The second-order valence-corrected chi connectivity index (χ2v) is 12.9. The summed E-state index contributed by atoms with van der Waals surface area (Å²) in [6.45, 7) is 3.98. The van der Waals surface area contributed by atoms with Gasteiger partial charge in [0.2, 0.25) is 18.2 Å². The van der Waals surface area contributed by atoms with Gasteiger partial charge in [-0.05, 0) is 63.6 Å². The van der Waals surface area contributed by atoms with Crippen molar-refractivity contribution in [2.75, 3.05) is 17.3 Å². The normalized spacial score (nSPS) is 25.5. The van der Waals surface area contributed by atoms with E-state index in [4.69, 9.17) is 11.6 Å². The van der Waals surface area contributed by atoms with Gasteiger partial charge in [-0.15, -0.1) is 11.3 Å². The molecule has 204 valence electrons. The molecule has 2 heterocycles. The van der Waals surface area contributed by atoms with Gasteiger partial charge in [-0.3, -0.25) is 24.3 Å². The quantitative estimate of drug-likeness (QED) is 0.338. The van der Waals surface area contributed by atoms with Gasteiger partial charge in [0.05, 0.1) is 32.9 Å². The number of nitrogens with one attached hydrogen (secondary N) is 3. The van der Waals surface area contributed by atoms with Gasteiger partial charge < -0.3 is 16.0 Å². The molecule has 2 aromatic heterocycles. The van der Waals surface area contributed by atoms with Gasteiger partial charge in [-0.2, -0.15) is 0 Å². The van der Waals surface area contributed by atoms with Gasteiger partial charge >= 0.3 is 0 Å². The Balaban J connectivity index is 1.31. The largest absolute Gasteiger partial charge is 0.376 e. The Morgan fingerprint density at radius 3 is 2.63 bits per heavy atom. The van der Waals surface area contributed by atoms with Crippen molar-refractivity contribution in [2.45, 2.75) is 82.8 Å². The summed E-state index contributed by atoms with van der Waals surface area (Å²) in [7, 11) is 1.66. The topological polar surface area (TPSA) is 103 Å². The molecule has 10 heteroatoms. The predicted molar refractivity (Wildman–Crippen MR) is 150 cm³/mol. The van der Waals surface area contributed by atoms with E-state index in [1.165, 1.54) is 24.2 Å². The number of aromatic nitrogens is 1. The summed E-state index contributed by atoms with van der Waals surface area (Å²) in [5, 5.41) is 10.8. The van der Waals surface area contributed by atoms with Crippen molar-refractivity contribution in [3.8, 4) is 0 Å². The molecule has 6 rings (SSSR count). The van der Waals surface area contributed by atoms with Gasteiger partial charge in [0, 0.05) is 23.7 Å². The minimum atomic E-state index is -0.574. The number of pyridine rings is 1. The smallest absolute Gasteiger partial charge is 0.243 e. The molecule has 4 fully saturated rings. The Bertz CT molecular complexity index is 1210. The Morgan fingerprint density at radius 2 is 1.97 bits per heavy atom. The molecule has 3 N–H and O–H groups in total. The number of amides is 3. The van der Waals surface area contributed by atoms with Crippen molar-refractivity contribution in [2.24, 2.45) is 11.3 Å². The number of hydrogen-bond acceptors (Lipinski definition) is 6. The average Bonchev–Trinajstić information content (AvgIpc) is 3.54. The number of carbonyl (C=O) groups excluding carboxylic acids is 3. The Kier molecular flexibility index (Phi) is 7.44. The second-order valence-electron chi connectivity index (χ2n) is 11.4. The number of aryl methyl sites for hydroxylation is 1. The predicted octanol–water partition coefficient (Wildman–Crippen LogP) is 4.97. The SMILES string of the molecule is CNC(=O)C12CC(NC(=O)[C@H](CC3CCCC3)N(C=O)c3ccc([C@H](C)Nc4cc(Cl)cnc4C)s3)(C1)C2. The van der Waals surface area contributed by atoms with E-state index in [1.807, 2.05) is 25.1 Å². The van der Waals surface area contributed by atoms with Crippen LogP contribution < -0.4 is 20.9 Å². The molecule has 38 heavy (non-hydrogen) atoms. The third-order valence-electron chi connectivity index (χ3n) is 8.63. The van der Waals surface area contributed by atoms with Crippen LogP contribution in [0.2, 0.25) is 5.02 Å². The molecule has 4 aliphatic rings. The van der Waals surface area contributed by atoms with Crippen molar-refractivity contribution in [3.05, 3.63) is 40.0 Å². The lowest BCUT2D eigenvalue weighted by atomic mass is 9.39. The van der Waals surface area contributed by atoms with Gasteiger partial charge in [0.1, 0.15) is 6.04 Å². The van der Waals surface area contributed by atoms with E-state index < -0.39 is 6.04 Å². The van der Waals surface area contributed by atoms with Crippen LogP contribution in [0.15, 0.2) is 24.4 Å². The fourth-order valence-electron chi connectivity index (χ4n) is 6.63. The maximum absolute atomic E-state index is 13.7. The summed E-state index contributed by atoms with van der Waals surface area (Å²) in [5.74, 6) is 0.371. The molecule has 0 spiro atoms. The standard InChI is InChI=1S/C28H36ClN5O3S/c1-17-21(11-20(29)12-31-17)32-18(2)23-8-9-24(38-23)34(16-35)22(10-19-6-4-5-7-19)25(36)33-28-13-27(14-28,15-28)26(37)30-3/h8-9,11-12,16,18-19,22,32H,4-7,10,13-15H2,1-3H3,(H,30,37)(H,33,36)/t18-,22-,27?,28?/m0/s1. The van der Waals surface area contributed by atoms with Crippen LogP contribution in [-0.4, -0.2) is 41.8 Å². The minimum absolute atomic E-state index is 0.0370. The first-order valence-corrected chi connectivity index (χ1v) is 14.6. The number of anilines is 2. The highest BCUT2D eigenvalue weighted by Gasteiger charge is 2.72. The van der Waals surface area contributed by atoms with Gasteiger partial charge in [-0.25, -0.2) is 0 Å². The lowest BCUT2D eigenvalue weighted by Crippen LogP contribution is -2.79. The van der Waals surface area contributed by atoms with E-state index in [-0.39, 0.29) is 28.8 Å². The molecule has 4 aliphatic carbocycles. The molecule has 0 unspecified atom stereocenters. The molecule has 2 atom stereocenters. The summed E-state index contributed by atoms with van der Waals surface area (Å²) in [5.41, 5.74) is 1.08. The zero-order valence-corrected chi connectivity index (χ0v) is 23.8. The van der Waals surface area contributed by atoms with Crippen molar-refractivity contribution in [3.63, 3.8) is 0 Å². The van der Waals surface area contributed by atoms with Crippen LogP contribution in [-0.2, 0) is 14.4 Å². The Labute approximate surface area is 232 Å². The summed E-state index contributed by atoms with van der Waals surface area (Å²) in [4.78, 5) is 45.3. The van der Waals surface area contributed by atoms with Crippen LogP contribution in [0.25, 0.3) is 0 Å². The fraction of sp³-hybridized carbons (Fsp3) is 0.571. The molecule has 4 saturated carbocycles. The monoisotopic (exact) mass is 557 g/mol. The molecule has 0 radical (unpaired) electrons.